The molecule has 0 aliphatic carbocycles. The Balaban J connectivity index is 2.02. The number of para-hydroxylation sites is 1. The van der Waals surface area contributed by atoms with E-state index in [0.717, 1.165) is 5.56 Å². The third-order valence-corrected chi connectivity index (χ3v) is 5.35. The van der Waals surface area contributed by atoms with E-state index in [1.54, 1.807) is 23.8 Å². The summed E-state index contributed by atoms with van der Waals surface area (Å²) in [6.07, 6.45) is 0. The Morgan fingerprint density at radius 2 is 2.08 bits per heavy atom. The SMILES string of the molecule is COC[C@@H](C)n1c(SCc2ccc(F)cc2Cl)nc2ccccc2c1=O. The molecule has 1 atom stereocenters. The van der Waals surface area contributed by atoms with Crippen LogP contribution in [0.1, 0.15) is 18.5 Å². The number of aromatic nitrogens is 2. The van der Waals surface area contributed by atoms with Crippen LogP contribution in [-0.4, -0.2) is 23.3 Å². The summed E-state index contributed by atoms with van der Waals surface area (Å²) >= 11 is 7.50. The van der Waals surface area contributed by atoms with Crippen LogP contribution in [0.5, 0.6) is 0 Å². The lowest BCUT2D eigenvalue weighted by molar-refractivity contribution is 0.156. The number of nitrogens with zero attached hydrogens (tertiary/aromatic N) is 2. The van der Waals surface area contributed by atoms with Crippen LogP contribution < -0.4 is 5.56 Å². The van der Waals surface area contributed by atoms with Gasteiger partial charge >= 0.3 is 0 Å². The van der Waals surface area contributed by atoms with Gasteiger partial charge in [-0.3, -0.25) is 9.36 Å². The van der Waals surface area contributed by atoms with Crippen molar-refractivity contribution in [1.29, 1.82) is 0 Å². The number of ether oxygens (including phenoxy) is 1. The fraction of sp³-hybridized carbons (Fsp3) is 0.263. The van der Waals surface area contributed by atoms with Crippen LogP contribution >= 0.6 is 23.4 Å². The summed E-state index contributed by atoms with van der Waals surface area (Å²) < 4.78 is 20.1. The Bertz CT molecular complexity index is 993. The Kier molecular flexibility index (Phi) is 5.96. The standard InChI is InChI=1S/C19H18ClFN2O2S/c1-12(10-25-2)23-18(24)15-5-3-4-6-17(15)22-19(23)26-11-13-7-8-14(21)9-16(13)20/h3-9,12H,10-11H2,1-2H3/t12-/m1/s1. The molecule has 4 nitrogen and oxygen atoms in total. The van der Waals surface area contributed by atoms with E-state index in [0.29, 0.717) is 33.4 Å². The summed E-state index contributed by atoms with van der Waals surface area (Å²) in [5, 5.41) is 1.51. The van der Waals surface area contributed by atoms with E-state index in [1.165, 1.54) is 23.9 Å². The number of methoxy groups -OCH3 is 1. The van der Waals surface area contributed by atoms with Crippen molar-refractivity contribution in [3.05, 3.63) is 69.2 Å². The van der Waals surface area contributed by atoms with E-state index >= 15 is 0 Å². The molecule has 26 heavy (non-hydrogen) atoms. The zero-order valence-electron chi connectivity index (χ0n) is 14.4. The van der Waals surface area contributed by atoms with Crippen LogP contribution in [0.2, 0.25) is 5.02 Å². The highest BCUT2D eigenvalue weighted by Crippen LogP contribution is 2.28. The first kappa shape index (κ1) is 18.9. The van der Waals surface area contributed by atoms with Gasteiger partial charge in [0.1, 0.15) is 5.82 Å². The molecular weight excluding hydrogens is 375 g/mol. The van der Waals surface area contributed by atoms with Crippen molar-refractivity contribution in [3.8, 4) is 0 Å². The zero-order valence-corrected chi connectivity index (χ0v) is 16.0. The van der Waals surface area contributed by atoms with Gasteiger partial charge in [0, 0.05) is 17.9 Å². The first-order valence-corrected chi connectivity index (χ1v) is 9.44. The summed E-state index contributed by atoms with van der Waals surface area (Å²) in [6, 6.07) is 11.4. The first-order chi connectivity index (χ1) is 12.5. The predicted octanol–water partition coefficient (Wildman–Crippen LogP) is 4.69. The van der Waals surface area contributed by atoms with Crippen LogP contribution in [0.25, 0.3) is 10.9 Å². The van der Waals surface area contributed by atoms with Gasteiger partial charge in [-0.25, -0.2) is 9.37 Å². The average molecular weight is 393 g/mol. The minimum atomic E-state index is -0.377. The molecule has 0 bridgehead atoms. The molecule has 0 N–H and O–H groups in total. The molecule has 3 aromatic rings. The van der Waals surface area contributed by atoms with Crippen molar-refractivity contribution in [3.63, 3.8) is 0 Å². The van der Waals surface area contributed by atoms with E-state index in [9.17, 15) is 9.18 Å². The molecule has 2 aromatic carbocycles. The monoisotopic (exact) mass is 392 g/mol. The minimum absolute atomic E-state index is 0.104. The fourth-order valence-corrected chi connectivity index (χ4v) is 4.13. The van der Waals surface area contributed by atoms with Crippen molar-refractivity contribution >= 4 is 34.3 Å². The Morgan fingerprint density at radius 3 is 2.81 bits per heavy atom. The van der Waals surface area contributed by atoms with Crippen LogP contribution in [0.4, 0.5) is 4.39 Å². The summed E-state index contributed by atoms with van der Waals surface area (Å²) in [7, 11) is 1.60. The molecule has 1 aromatic heterocycles. The number of halogens is 2. The Hall–Kier alpha value is -1.89. The molecule has 0 radical (unpaired) electrons. The van der Waals surface area contributed by atoms with E-state index in [1.807, 2.05) is 25.1 Å². The lowest BCUT2D eigenvalue weighted by atomic mass is 10.2. The largest absolute Gasteiger partial charge is 0.383 e. The highest BCUT2D eigenvalue weighted by Gasteiger charge is 2.17. The van der Waals surface area contributed by atoms with E-state index in [-0.39, 0.29) is 17.4 Å². The molecule has 7 heteroatoms. The number of fused-ring (bicyclic) bond motifs is 1. The molecule has 0 amide bonds. The van der Waals surface area contributed by atoms with Crippen molar-refractivity contribution in [2.24, 2.45) is 0 Å². The smallest absolute Gasteiger partial charge is 0.262 e. The maximum Gasteiger partial charge on any atom is 0.262 e. The van der Waals surface area contributed by atoms with E-state index in [2.05, 4.69) is 4.98 Å². The molecule has 0 saturated carbocycles. The summed E-state index contributed by atoms with van der Waals surface area (Å²) in [4.78, 5) is 17.6. The second-order valence-electron chi connectivity index (χ2n) is 5.92. The van der Waals surface area contributed by atoms with Crippen molar-refractivity contribution in [2.75, 3.05) is 13.7 Å². The van der Waals surface area contributed by atoms with Gasteiger partial charge in [0.25, 0.3) is 5.56 Å². The van der Waals surface area contributed by atoms with Gasteiger partial charge in [0.05, 0.1) is 23.6 Å². The number of thioether (sulfide) groups is 1. The highest BCUT2D eigenvalue weighted by atomic mass is 35.5. The van der Waals surface area contributed by atoms with Crippen molar-refractivity contribution in [1.82, 2.24) is 9.55 Å². The van der Waals surface area contributed by atoms with Crippen LogP contribution in [-0.2, 0) is 10.5 Å². The highest BCUT2D eigenvalue weighted by molar-refractivity contribution is 7.98. The molecule has 0 unspecified atom stereocenters. The second-order valence-corrected chi connectivity index (χ2v) is 7.27. The third kappa shape index (κ3) is 3.92. The molecule has 0 aliphatic heterocycles. The first-order valence-electron chi connectivity index (χ1n) is 8.08. The lowest BCUT2D eigenvalue weighted by Crippen LogP contribution is -2.28. The molecule has 0 aliphatic rings. The van der Waals surface area contributed by atoms with Crippen LogP contribution in [0, 0.1) is 5.82 Å². The van der Waals surface area contributed by atoms with Gasteiger partial charge in [0.15, 0.2) is 5.16 Å². The number of benzene rings is 2. The van der Waals surface area contributed by atoms with Gasteiger partial charge in [-0.2, -0.15) is 0 Å². The maximum absolute atomic E-state index is 13.2. The number of hydrogen-bond donors (Lipinski definition) is 0. The molecule has 0 saturated heterocycles. The van der Waals surface area contributed by atoms with Crippen LogP contribution in [0.15, 0.2) is 52.4 Å². The van der Waals surface area contributed by atoms with E-state index < -0.39 is 0 Å². The fourth-order valence-electron chi connectivity index (χ4n) is 2.71. The quantitative estimate of drug-likeness (QED) is 0.451. The van der Waals surface area contributed by atoms with Gasteiger partial charge in [0.2, 0.25) is 0 Å². The topological polar surface area (TPSA) is 44.1 Å². The molecule has 0 fully saturated rings. The summed E-state index contributed by atoms with van der Waals surface area (Å²) in [5.41, 5.74) is 1.32. The van der Waals surface area contributed by atoms with Gasteiger partial charge in [-0.15, -0.1) is 0 Å². The Morgan fingerprint density at radius 1 is 1.31 bits per heavy atom. The van der Waals surface area contributed by atoms with Crippen LogP contribution in [0.3, 0.4) is 0 Å². The number of rotatable bonds is 6. The summed E-state index contributed by atoms with van der Waals surface area (Å²) in [6.45, 7) is 2.31. The van der Waals surface area contributed by atoms with Crippen molar-refractivity contribution < 1.29 is 9.13 Å². The molecular formula is C19H18ClFN2O2S. The molecule has 0 spiro atoms. The minimum Gasteiger partial charge on any atom is -0.383 e. The Labute approximate surface area is 160 Å². The van der Waals surface area contributed by atoms with E-state index in [4.69, 9.17) is 16.3 Å². The van der Waals surface area contributed by atoms with Gasteiger partial charge < -0.3 is 4.74 Å². The second kappa shape index (κ2) is 8.20. The number of hydrogen-bond acceptors (Lipinski definition) is 4. The van der Waals surface area contributed by atoms with Gasteiger partial charge in [-0.1, -0.05) is 41.6 Å². The van der Waals surface area contributed by atoms with Crippen molar-refractivity contribution in [2.45, 2.75) is 23.9 Å². The maximum atomic E-state index is 13.2. The zero-order chi connectivity index (χ0) is 18.7. The normalized spacial score (nSPS) is 12.5. The predicted molar refractivity (Wildman–Crippen MR) is 104 cm³/mol. The molecule has 3 rings (SSSR count). The molecule has 1 heterocycles. The third-order valence-electron chi connectivity index (χ3n) is 4.00. The molecule has 136 valence electrons. The lowest BCUT2D eigenvalue weighted by Gasteiger charge is -2.19. The summed E-state index contributed by atoms with van der Waals surface area (Å²) in [5.74, 6) is 0.0991. The van der Waals surface area contributed by atoms with Gasteiger partial charge in [-0.05, 0) is 36.8 Å². The average Bonchev–Trinajstić information content (AvgIpc) is 2.61.